The fourth-order valence-corrected chi connectivity index (χ4v) is 2.93. The number of nitro benzene ring substituents is 1. The summed E-state index contributed by atoms with van der Waals surface area (Å²) in [5, 5.41) is 12.6. The molecule has 0 saturated heterocycles. The number of anilines is 1. The molecule has 3 rings (SSSR count). The lowest BCUT2D eigenvalue weighted by Gasteiger charge is -2.24. The molecule has 8 heteroatoms. The second kappa shape index (κ2) is 7.98. The van der Waals surface area contributed by atoms with Gasteiger partial charge in [-0.1, -0.05) is 12.1 Å². The summed E-state index contributed by atoms with van der Waals surface area (Å²) >= 11 is 0. The maximum absolute atomic E-state index is 12.3. The minimum atomic E-state index is -0.711. The third kappa shape index (κ3) is 4.48. The Labute approximate surface area is 174 Å². The fourth-order valence-electron chi connectivity index (χ4n) is 2.93. The van der Waals surface area contributed by atoms with Crippen molar-refractivity contribution in [2.24, 2.45) is 0 Å². The number of pyridine rings is 1. The number of nitrogens with zero attached hydrogens (tertiary/aromatic N) is 3. The van der Waals surface area contributed by atoms with Crippen molar-refractivity contribution in [3.8, 4) is 17.0 Å². The minimum absolute atomic E-state index is 0.142. The predicted octanol–water partition coefficient (Wildman–Crippen LogP) is 5.19. The van der Waals surface area contributed by atoms with Crippen molar-refractivity contribution in [1.29, 1.82) is 0 Å². The number of aromatic nitrogens is 1. The van der Waals surface area contributed by atoms with Crippen molar-refractivity contribution in [2.75, 3.05) is 19.1 Å². The summed E-state index contributed by atoms with van der Waals surface area (Å²) in [6.45, 7) is 5.20. The Hall–Kier alpha value is -3.68. The Morgan fingerprint density at radius 2 is 1.83 bits per heavy atom. The van der Waals surface area contributed by atoms with E-state index in [0.29, 0.717) is 11.3 Å². The normalized spacial score (nSPS) is 11.2. The molecule has 0 saturated carbocycles. The van der Waals surface area contributed by atoms with Crippen molar-refractivity contribution in [1.82, 2.24) is 4.98 Å². The Morgan fingerprint density at radius 1 is 1.10 bits per heavy atom. The molecule has 0 atom stereocenters. The summed E-state index contributed by atoms with van der Waals surface area (Å²) < 4.78 is 10.5. The van der Waals surface area contributed by atoms with Crippen molar-refractivity contribution in [3.05, 3.63) is 58.6 Å². The summed E-state index contributed by atoms with van der Waals surface area (Å²) in [4.78, 5) is 29.2. The van der Waals surface area contributed by atoms with Gasteiger partial charge < -0.3 is 9.47 Å². The number of hydrogen-bond donors (Lipinski definition) is 0. The molecule has 1 aromatic heterocycles. The van der Waals surface area contributed by atoms with Crippen LogP contribution in [0.2, 0.25) is 0 Å². The lowest BCUT2D eigenvalue weighted by molar-refractivity contribution is -0.384. The van der Waals surface area contributed by atoms with Crippen LogP contribution < -0.4 is 9.64 Å². The molecular weight excluding hydrogens is 386 g/mol. The minimum Gasteiger partial charge on any atom is -0.497 e. The maximum atomic E-state index is 12.3. The molecule has 1 heterocycles. The first kappa shape index (κ1) is 21.0. The van der Waals surface area contributed by atoms with E-state index >= 15 is 0 Å². The number of carbonyl (C=O) groups excluding carboxylic acids is 1. The largest absolute Gasteiger partial charge is 0.497 e. The smallest absolute Gasteiger partial charge is 0.414 e. The van der Waals surface area contributed by atoms with Crippen LogP contribution in [0.1, 0.15) is 20.8 Å². The van der Waals surface area contributed by atoms with Crippen LogP contribution in [0, 0.1) is 10.1 Å². The molecule has 0 fully saturated rings. The number of carbonyl (C=O) groups is 1. The monoisotopic (exact) mass is 409 g/mol. The molecule has 0 N–H and O–H groups in total. The molecule has 0 unspecified atom stereocenters. The highest BCUT2D eigenvalue weighted by Crippen LogP contribution is 2.33. The number of ether oxygens (including phenoxy) is 2. The SMILES string of the molecule is COc1ccc2nc(-c3ccc(N(C)C(=O)OC(C)(C)C)c([N+](=O)[O-])c3)ccc2c1. The van der Waals surface area contributed by atoms with Crippen LogP contribution in [-0.2, 0) is 4.74 Å². The molecule has 156 valence electrons. The number of nitro groups is 1. The lowest BCUT2D eigenvalue weighted by atomic mass is 10.1. The van der Waals surface area contributed by atoms with Crippen molar-refractivity contribution in [2.45, 2.75) is 26.4 Å². The second-order valence-corrected chi connectivity index (χ2v) is 7.76. The molecule has 0 radical (unpaired) electrons. The quantitative estimate of drug-likeness (QED) is 0.435. The summed E-state index contributed by atoms with van der Waals surface area (Å²) in [6, 6.07) is 13.8. The molecule has 0 bridgehead atoms. The molecule has 1 amide bonds. The van der Waals surface area contributed by atoms with Crippen LogP contribution in [0.25, 0.3) is 22.2 Å². The summed E-state index contributed by atoms with van der Waals surface area (Å²) in [7, 11) is 3.04. The first-order chi connectivity index (χ1) is 14.1. The Balaban J connectivity index is 2.00. The first-order valence-corrected chi connectivity index (χ1v) is 9.29. The molecule has 8 nitrogen and oxygen atoms in total. The van der Waals surface area contributed by atoms with Crippen molar-refractivity contribution >= 4 is 28.4 Å². The second-order valence-electron chi connectivity index (χ2n) is 7.76. The zero-order chi connectivity index (χ0) is 22.1. The molecular formula is C22H23N3O5. The van der Waals surface area contributed by atoms with E-state index in [0.717, 1.165) is 21.6 Å². The van der Waals surface area contributed by atoms with Gasteiger partial charge in [-0.25, -0.2) is 9.78 Å². The molecule has 0 aliphatic carbocycles. The average Bonchev–Trinajstić information content (AvgIpc) is 2.70. The number of benzene rings is 2. The number of methoxy groups -OCH3 is 1. The van der Waals surface area contributed by atoms with Gasteiger partial charge in [-0.05, 0) is 51.1 Å². The maximum Gasteiger partial charge on any atom is 0.414 e. The Bertz CT molecular complexity index is 1120. The van der Waals surface area contributed by atoms with E-state index in [1.165, 1.54) is 19.2 Å². The fraction of sp³-hybridized carbons (Fsp3) is 0.273. The van der Waals surface area contributed by atoms with Gasteiger partial charge >= 0.3 is 6.09 Å². The Kier molecular flexibility index (Phi) is 5.60. The summed E-state index contributed by atoms with van der Waals surface area (Å²) in [5.41, 5.74) is 1.12. The number of fused-ring (bicyclic) bond motifs is 1. The summed E-state index contributed by atoms with van der Waals surface area (Å²) in [6.07, 6.45) is -0.670. The van der Waals surface area contributed by atoms with Gasteiger partial charge in [-0.15, -0.1) is 0 Å². The first-order valence-electron chi connectivity index (χ1n) is 9.29. The third-order valence-electron chi connectivity index (χ3n) is 4.39. The van der Waals surface area contributed by atoms with E-state index in [1.807, 2.05) is 18.2 Å². The van der Waals surface area contributed by atoms with Crippen LogP contribution in [0.5, 0.6) is 5.75 Å². The van der Waals surface area contributed by atoms with Crippen LogP contribution in [0.3, 0.4) is 0 Å². The van der Waals surface area contributed by atoms with Gasteiger partial charge in [-0.3, -0.25) is 15.0 Å². The van der Waals surface area contributed by atoms with Gasteiger partial charge in [0, 0.05) is 24.1 Å². The molecule has 0 aliphatic rings. The summed E-state index contributed by atoms with van der Waals surface area (Å²) in [5.74, 6) is 0.724. The van der Waals surface area contributed by atoms with Crippen LogP contribution >= 0.6 is 0 Å². The van der Waals surface area contributed by atoms with Gasteiger partial charge in [0.2, 0.25) is 0 Å². The third-order valence-corrected chi connectivity index (χ3v) is 4.39. The van der Waals surface area contributed by atoms with Gasteiger partial charge in [-0.2, -0.15) is 0 Å². The molecule has 2 aromatic carbocycles. The van der Waals surface area contributed by atoms with E-state index < -0.39 is 16.6 Å². The zero-order valence-corrected chi connectivity index (χ0v) is 17.5. The van der Waals surface area contributed by atoms with Gasteiger partial charge in [0.25, 0.3) is 5.69 Å². The van der Waals surface area contributed by atoms with Gasteiger partial charge in [0.05, 0.1) is 23.2 Å². The van der Waals surface area contributed by atoms with Crippen molar-refractivity contribution in [3.63, 3.8) is 0 Å². The molecule has 3 aromatic rings. The van der Waals surface area contributed by atoms with Crippen molar-refractivity contribution < 1.29 is 19.2 Å². The van der Waals surface area contributed by atoms with E-state index in [4.69, 9.17) is 9.47 Å². The predicted molar refractivity (Wildman–Crippen MR) is 115 cm³/mol. The average molecular weight is 409 g/mol. The number of amides is 1. The van der Waals surface area contributed by atoms with Crippen LogP contribution in [0.15, 0.2) is 48.5 Å². The van der Waals surface area contributed by atoms with Gasteiger partial charge in [0.1, 0.15) is 17.0 Å². The highest BCUT2D eigenvalue weighted by molar-refractivity contribution is 5.91. The van der Waals surface area contributed by atoms with Gasteiger partial charge in [0.15, 0.2) is 0 Å². The van der Waals surface area contributed by atoms with E-state index in [2.05, 4.69) is 4.98 Å². The van der Waals surface area contributed by atoms with E-state index in [-0.39, 0.29) is 11.4 Å². The molecule has 0 spiro atoms. The molecule has 30 heavy (non-hydrogen) atoms. The topological polar surface area (TPSA) is 94.8 Å². The van der Waals surface area contributed by atoms with E-state index in [9.17, 15) is 14.9 Å². The highest BCUT2D eigenvalue weighted by atomic mass is 16.6. The van der Waals surface area contributed by atoms with Crippen LogP contribution in [-0.4, -0.2) is 35.8 Å². The number of rotatable bonds is 4. The number of hydrogen-bond acceptors (Lipinski definition) is 6. The zero-order valence-electron chi connectivity index (χ0n) is 17.5. The molecule has 0 aliphatic heterocycles. The highest BCUT2D eigenvalue weighted by Gasteiger charge is 2.26. The standard InChI is InChI=1S/C22H23N3O5/c1-22(2,3)30-21(26)24(4)19-11-7-15(13-20(19)25(27)28)17-9-6-14-12-16(29-5)8-10-18(14)23-17/h6-13H,1-5H3. The Morgan fingerprint density at radius 3 is 2.47 bits per heavy atom. The van der Waals surface area contributed by atoms with E-state index in [1.54, 1.807) is 46.1 Å². The lowest BCUT2D eigenvalue weighted by Crippen LogP contribution is -2.34. The van der Waals surface area contributed by atoms with Crippen LogP contribution in [0.4, 0.5) is 16.2 Å².